The number of hydrogen-bond donors (Lipinski definition) is 1. The summed E-state index contributed by atoms with van der Waals surface area (Å²) in [4.78, 5) is 27.6. The zero-order chi connectivity index (χ0) is 25.1. The van der Waals surface area contributed by atoms with Gasteiger partial charge < -0.3 is 14.6 Å². The van der Waals surface area contributed by atoms with Gasteiger partial charge in [0, 0.05) is 41.9 Å². The minimum absolute atomic E-state index is 0.0467. The van der Waals surface area contributed by atoms with Crippen LogP contribution in [0, 0.1) is 5.82 Å². The Kier molecular flexibility index (Phi) is 6.67. The van der Waals surface area contributed by atoms with E-state index in [0.29, 0.717) is 42.9 Å². The second-order valence-electron chi connectivity index (χ2n) is 8.98. The number of carbonyl (C=O) groups excluding carboxylic acids is 2. The molecule has 5 rings (SSSR count). The molecule has 0 fully saturated rings. The minimum Gasteiger partial charge on any atom is -0.461 e. The normalized spacial score (nSPS) is 13.7. The first-order valence-electron chi connectivity index (χ1n) is 12.1. The maximum atomic E-state index is 13.2. The molecule has 0 saturated carbocycles. The van der Waals surface area contributed by atoms with Crippen LogP contribution in [-0.2, 0) is 17.8 Å². The van der Waals surface area contributed by atoms with Crippen LogP contribution in [0.15, 0.2) is 89.3 Å². The lowest BCUT2D eigenvalue weighted by molar-refractivity contribution is -0.117. The number of nitrogens with zero attached hydrogens (tertiary/aromatic N) is 1. The summed E-state index contributed by atoms with van der Waals surface area (Å²) in [6, 6.07) is 24.9. The number of amides is 2. The van der Waals surface area contributed by atoms with Crippen molar-refractivity contribution in [1.82, 2.24) is 4.90 Å². The number of benzene rings is 3. The largest absolute Gasteiger partial charge is 0.461 e. The van der Waals surface area contributed by atoms with E-state index in [1.165, 1.54) is 24.3 Å². The highest BCUT2D eigenvalue weighted by atomic mass is 19.1. The molecule has 0 spiro atoms. The third kappa shape index (κ3) is 4.93. The van der Waals surface area contributed by atoms with Crippen molar-refractivity contribution in [3.8, 4) is 11.3 Å². The Morgan fingerprint density at radius 1 is 1.00 bits per heavy atom. The molecule has 3 aromatic carbocycles. The summed E-state index contributed by atoms with van der Waals surface area (Å²) in [5.74, 6) is 0.789. The molecule has 0 saturated heterocycles. The van der Waals surface area contributed by atoms with Gasteiger partial charge in [-0.25, -0.2) is 4.39 Å². The van der Waals surface area contributed by atoms with Crippen molar-refractivity contribution in [2.75, 3.05) is 11.9 Å². The number of carbonyl (C=O) groups is 2. The molecule has 36 heavy (non-hydrogen) atoms. The molecule has 182 valence electrons. The molecule has 1 aromatic heterocycles. The molecule has 1 N–H and O–H groups in total. The monoisotopic (exact) mass is 482 g/mol. The highest BCUT2D eigenvalue weighted by Gasteiger charge is 2.25. The lowest BCUT2D eigenvalue weighted by Crippen LogP contribution is -2.35. The third-order valence-electron chi connectivity index (χ3n) is 6.59. The van der Waals surface area contributed by atoms with Crippen molar-refractivity contribution >= 4 is 17.5 Å². The minimum atomic E-state index is -0.365. The van der Waals surface area contributed by atoms with Gasteiger partial charge in [0.2, 0.25) is 5.91 Å². The standard InChI is InChI=1S/C30H27FN2O3/c1-2-26(20-7-4-3-5-8-20)29(34)32-25-10-6-9-22(17-25)28-18-23-19-33(16-15-27(23)36-28)30(35)21-11-13-24(31)14-12-21/h3-14,17-18,26H,2,15-16,19H2,1H3,(H,32,34). The fraction of sp³-hybridized carbons (Fsp3) is 0.200. The fourth-order valence-electron chi connectivity index (χ4n) is 4.66. The van der Waals surface area contributed by atoms with Crippen LogP contribution < -0.4 is 5.32 Å². The summed E-state index contributed by atoms with van der Waals surface area (Å²) >= 11 is 0. The summed E-state index contributed by atoms with van der Waals surface area (Å²) < 4.78 is 19.4. The Morgan fingerprint density at radius 2 is 1.78 bits per heavy atom. The average molecular weight is 483 g/mol. The van der Waals surface area contributed by atoms with Crippen molar-refractivity contribution in [3.63, 3.8) is 0 Å². The Labute approximate surface area is 209 Å². The van der Waals surface area contributed by atoms with E-state index >= 15 is 0 Å². The SMILES string of the molecule is CCC(C(=O)Nc1cccc(-c2cc3c(o2)CCN(C(=O)c2ccc(F)cc2)C3)c1)c1ccccc1. The van der Waals surface area contributed by atoms with Crippen molar-refractivity contribution in [2.24, 2.45) is 0 Å². The predicted octanol–water partition coefficient (Wildman–Crippen LogP) is 6.42. The number of anilines is 1. The van der Waals surface area contributed by atoms with E-state index in [0.717, 1.165) is 22.5 Å². The van der Waals surface area contributed by atoms with Crippen LogP contribution in [-0.4, -0.2) is 23.3 Å². The molecule has 1 aliphatic rings. The van der Waals surface area contributed by atoms with Crippen LogP contribution in [0.25, 0.3) is 11.3 Å². The van der Waals surface area contributed by atoms with Crippen LogP contribution in [0.3, 0.4) is 0 Å². The van der Waals surface area contributed by atoms with Crippen molar-refractivity contribution in [2.45, 2.75) is 32.2 Å². The number of fused-ring (bicyclic) bond motifs is 1. The zero-order valence-corrected chi connectivity index (χ0v) is 20.0. The van der Waals surface area contributed by atoms with Gasteiger partial charge in [-0.2, -0.15) is 0 Å². The number of nitrogens with one attached hydrogen (secondary N) is 1. The van der Waals surface area contributed by atoms with Crippen LogP contribution in [0.4, 0.5) is 10.1 Å². The Bertz CT molecular complexity index is 1380. The summed E-state index contributed by atoms with van der Waals surface area (Å²) in [6.45, 7) is 2.97. The molecule has 1 atom stereocenters. The fourth-order valence-corrected chi connectivity index (χ4v) is 4.66. The number of furan rings is 1. The molecule has 2 heterocycles. The van der Waals surface area contributed by atoms with Gasteiger partial charge in [-0.05, 0) is 54.4 Å². The zero-order valence-electron chi connectivity index (χ0n) is 20.0. The van der Waals surface area contributed by atoms with Crippen LogP contribution in [0.5, 0.6) is 0 Å². The van der Waals surface area contributed by atoms with E-state index in [9.17, 15) is 14.0 Å². The van der Waals surface area contributed by atoms with Crippen molar-refractivity contribution in [3.05, 3.63) is 113 Å². The highest BCUT2D eigenvalue weighted by molar-refractivity contribution is 5.96. The van der Waals surface area contributed by atoms with E-state index < -0.39 is 0 Å². The molecule has 1 aliphatic heterocycles. The molecular weight excluding hydrogens is 455 g/mol. The van der Waals surface area contributed by atoms with Crippen molar-refractivity contribution < 1.29 is 18.4 Å². The van der Waals surface area contributed by atoms with E-state index in [1.54, 1.807) is 4.90 Å². The van der Waals surface area contributed by atoms with Gasteiger partial charge in [0.05, 0.1) is 5.92 Å². The van der Waals surface area contributed by atoms with E-state index in [4.69, 9.17) is 4.42 Å². The van der Waals surface area contributed by atoms with Gasteiger partial charge in [0.15, 0.2) is 0 Å². The molecule has 0 radical (unpaired) electrons. The summed E-state index contributed by atoms with van der Waals surface area (Å²) in [7, 11) is 0. The van der Waals surface area contributed by atoms with Crippen LogP contribution in [0.1, 0.15) is 46.5 Å². The Balaban J connectivity index is 1.31. The first-order chi connectivity index (χ1) is 17.5. The smallest absolute Gasteiger partial charge is 0.254 e. The van der Waals surface area contributed by atoms with E-state index in [-0.39, 0.29) is 23.5 Å². The molecule has 6 heteroatoms. The predicted molar refractivity (Wildman–Crippen MR) is 137 cm³/mol. The molecule has 2 amide bonds. The molecule has 4 aromatic rings. The van der Waals surface area contributed by atoms with Gasteiger partial charge in [-0.1, -0.05) is 49.4 Å². The number of halogens is 1. The lowest BCUT2D eigenvalue weighted by atomic mass is 9.95. The van der Waals surface area contributed by atoms with Gasteiger partial charge >= 0.3 is 0 Å². The Hall–Kier alpha value is -4.19. The highest BCUT2D eigenvalue weighted by Crippen LogP contribution is 2.32. The molecule has 0 bridgehead atoms. The van der Waals surface area contributed by atoms with E-state index in [1.807, 2.05) is 67.6 Å². The summed E-state index contributed by atoms with van der Waals surface area (Å²) in [5, 5.41) is 3.05. The molecular formula is C30H27FN2O3. The summed E-state index contributed by atoms with van der Waals surface area (Å²) in [5.41, 5.74) is 3.97. The second kappa shape index (κ2) is 10.2. The first kappa shape index (κ1) is 23.5. The maximum absolute atomic E-state index is 13.2. The first-order valence-corrected chi connectivity index (χ1v) is 12.1. The topological polar surface area (TPSA) is 62.6 Å². The number of rotatable bonds is 6. The van der Waals surface area contributed by atoms with Crippen LogP contribution >= 0.6 is 0 Å². The van der Waals surface area contributed by atoms with Gasteiger partial charge in [0.25, 0.3) is 5.91 Å². The Morgan fingerprint density at radius 3 is 2.53 bits per heavy atom. The molecule has 1 unspecified atom stereocenters. The number of hydrogen-bond acceptors (Lipinski definition) is 3. The molecule has 5 nitrogen and oxygen atoms in total. The van der Waals surface area contributed by atoms with Gasteiger partial charge in [0.1, 0.15) is 17.3 Å². The van der Waals surface area contributed by atoms with Crippen LogP contribution in [0.2, 0.25) is 0 Å². The van der Waals surface area contributed by atoms with Crippen molar-refractivity contribution in [1.29, 1.82) is 0 Å². The lowest BCUT2D eigenvalue weighted by Gasteiger charge is -2.26. The third-order valence-corrected chi connectivity index (χ3v) is 6.59. The van der Waals surface area contributed by atoms with Gasteiger partial charge in [-0.3, -0.25) is 9.59 Å². The quantitative estimate of drug-likeness (QED) is 0.345. The molecule has 0 aliphatic carbocycles. The second-order valence-corrected chi connectivity index (χ2v) is 8.98. The summed E-state index contributed by atoms with van der Waals surface area (Å²) in [6.07, 6.45) is 1.31. The van der Waals surface area contributed by atoms with E-state index in [2.05, 4.69) is 5.32 Å². The van der Waals surface area contributed by atoms with Gasteiger partial charge in [-0.15, -0.1) is 0 Å². The average Bonchev–Trinajstić information content (AvgIpc) is 3.34. The maximum Gasteiger partial charge on any atom is 0.254 e.